The molecule has 2 fully saturated rings. The van der Waals surface area contributed by atoms with Gasteiger partial charge < -0.3 is 29.2 Å². The van der Waals surface area contributed by atoms with Gasteiger partial charge in [0, 0.05) is 12.7 Å². The molecule has 0 spiro atoms. The summed E-state index contributed by atoms with van der Waals surface area (Å²) in [4.78, 5) is 0. The van der Waals surface area contributed by atoms with Gasteiger partial charge in [0.1, 0.15) is 24.4 Å². The minimum Gasteiger partial charge on any atom is -0.387 e. The van der Waals surface area contributed by atoms with Gasteiger partial charge in [-0.3, -0.25) is 0 Å². The van der Waals surface area contributed by atoms with Crippen molar-refractivity contribution in [2.75, 3.05) is 13.7 Å². The van der Waals surface area contributed by atoms with Crippen LogP contribution in [0.1, 0.15) is 11.9 Å². The van der Waals surface area contributed by atoms with Crippen molar-refractivity contribution in [3.05, 3.63) is 35.9 Å². The third kappa shape index (κ3) is 2.46. The molecule has 3 unspecified atom stereocenters. The second-order valence-electron chi connectivity index (χ2n) is 4.94. The molecule has 0 saturated carbocycles. The Morgan fingerprint density at radius 2 is 1.85 bits per heavy atom. The van der Waals surface area contributed by atoms with Crippen LogP contribution in [0.5, 0.6) is 0 Å². The van der Waals surface area contributed by atoms with Crippen LogP contribution in [0.4, 0.5) is 0 Å². The van der Waals surface area contributed by atoms with E-state index in [4.69, 9.17) is 18.9 Å². The second-order valence-corrected chi connectivity index (χ2v) is 4.94. The summed E-state index contributed by atoms with van der Waals surface area (Å²) in [6, 6.07) is 9.45. The van der Waals surface area contributed by atoms with Gasteiger partial charge in [0.2, 0.25) is 0 Å². The molecule has 110 valence electrons. The lowest BCUT2D eigenvalue weighted by Crippen LogP contribution is -2.62. The third-order valence-corrected chi connectivity index (χ3v) is 3.64. The number of aliphatic hydroxyl groups excluding tert-OH is 2. The molecular formula is C14H18O6. The van der Waals surface area contributed by atoms with Gasteiger partial charge in [0.25, 0.3) is 0 Å². The van der Waals surface area contributed by atoms with Crippen molar-refractivity contribution in [2.24, 2.45) is 0 Å². The Bertz CT molecular complexity index is 437. The average molecular weight is 282 g/mol. The lowest BCUT2D eigenvalue weighted by molar-refractivity contribution is -0.358. The predicted octanol–water partition coefficient (Wildman–Crippen LogP) is 0.194. The van der Waals surface area contributed by atoms with Crippen molar-refractivity contribution in [1.82, 2.24) is 0 Å². The molecule has 0 amide bonds. The topological polar surface area (TPSA) is 77.4 Å². The first-order valence-corrected chi connectivity index (χ1v) is 6.57. The van der Waals surface area contributed by atoms with Crippen LogP contribution in [0, 0.1) is 0 Å². The molecule has 2 saturated heterocycles. The SMILES string of the molecule is CO[C@@H]1OC2COC(c3ccccc3)O[C@@H]2[C@H](O)C1O. The molecule has 0 bridgehead atoms. The molecule has 0 aromatic heterocycles. The average Bonchev–Trinajstić information content (AvgIpc) is 2.51. The van der Waals surface area contributed by atoms with E-state index >= 15 is 0 Å². The van der Waals surface area contributed by atoms with Crippen LogP contribution in [-0.2, 0) is 18.9 Å². The second kappa shape index (κ2) is 5.77. The Balaban J connectivity index is 1.74. The maximum absolute atomic E-state index is 10.1. The zero-order valence-corrected chi connectivity index (χ0v) is 11.1. The molecule has 1 aromatic carbocycles. The number of ether oxygens (including phenoxy) is 4. The van der Waals surface area contributed by atoms with E-state index in [1.807, 2.05) is 30.3 Å². The molecule has 20 heavy (non-hydrogen) atoms. The molecule has 2 N–H and O–H groups in total. The first-order valence-electron chi connectivity index (χ1n) is 6.57. The van der Waals surface area contributed by atoms with Crippen LogP contribution >= 0.6 is 0 Å². The van der Waals surface area contributed by atoms with E-state index < -0.39 is 37.0 Å². The molecule has 0 radical (unpaired) electrons. The minimum atomic E-state index is -1.14. The Morgan fingerprint density at radius 1 is 1.10 bits per heavy atom. The zero-order chi connectivity index (χ0) is 14.1. The Hall–Kier alpha value is -1.02. The number of benzene rings is 1. The van der Waals surface area contributed by atoms with E-state index in [1.54, 1.807) is 0 Å². The molecule has 3 rings (SSSR count). The van der Waals surface area contributed by atoms with Crippen molar-refractivity contribution in [2.45, 2.75) is 37.0 Å². The van der Waals surface area contributed by atoms with Gasteiger partial charge in [0.15, 0.2) is 12.6 Å². The fourth-order valence-corrected chi connectivity index (χ4v) is 2.55. The number of hydrogen-bond acceptors (Lipinski definition) is 6. The fourth-order valence-electron chi connectivity index (χ4n) is 2.55. The summed E-state index contributed by atoms with van der Waals surface area (Å²) in [6.45, 7) is 0.272. The molecule has 6 atom stereocenters. The van der Waals surface area contributed by atoms with Crippen LogP contribution in [0.15, 0.2) is 30.3 Å². The summed E-state index contributed by atoms with van der Waals surface area (Å²) in [6.07, 6.45) is -4.76. The molecule has 6 nitrogen and oxygen atoms in total. The van der Waals surface area contributed by atoms with Crippen LogP contribution in [-0.4, -0.2) is 54.6 Å². The number of rotatable bonds is 2. The lowest BCUT2D eigenvalue weighted by atomic mass is 9.98. The van der Waals surface area contributed by atoms with Crippen molar-refractivity contribution in [1.29, 1.82) is 0 Å². The molecule has 2 aliphatic rings. The van der Waals surface area contributed by atoms with Crippen molar-refractivity contribution in [3.63, 3.8) is 0 Å². The first kappa shape index (κ1) is 13.9. The molecule has 0 aliphatic carbocycles. The summed E-state index contributed by atoms with van der Waals surface area (Å²) in [5.41, 5.74) is 0.863. The largest absolute Gasteiger partial charge is 0.387 e. The third-order valence-electron chi connectivity index (χ3n) is 3.64. The standard InChI is InChI=1S/C14H18O6/c1-17-14-11(16)10(15)12-9(19-14)7-18-13(20-12)8-5-3-2-4-6-8/h2-6,9-16H,7H2,1H3/t9?,10-,11?,12+,13?,14-/m1/s1. The number of methoxy groups -OCH3 is 1. The molecule has 2 aliphatic heterocycles. The molecule has 1 aromatic rings. The quantitative estimate of drug-likeness (QED) is 0.806. The highest BCUT2D eigenvalue weighted by Gasteiger charge is 2.48. The van der Waals surface area contributed by atoms with Crippen LogP contribution in [0.2, 0.25) is 0 Å². The van der Waals surface area contributed by atoms with Crippen LogP contribution in [0.25, 0.3) is 0 Å². The van der Waals surface area contributed by atoms with E-state index in [0.29, 0.717) is 0 Å². The number of hydrogen-bond donors (Lipinski definition) is 2. The monoisotopic (exact) mass is 282 g/mol. The Labute approximate surface area is 116 Å². The zero-order valence-electron chi connectivity index (χ0n) is 11.1. The summed E-state index contributed by atoms with van der Waals surface area (Å²) >= 11 is 0. The Morgan fingerprint density at radius 3 is 2.55 bits per heavy atom. The summed E-state index contributed by atoms with van der Waals surface area (Å²) in [5.74, 6) is 0. The van der Waals surface area contributed by atoms with E-state index in [0.717, 1.165) is 5.56 Å². The van der Waals surface area contributed by atoms with Crippen LogP contribution in [0.3, 0.4) is 0 Å². The van der Waals surface area contributed by atoms with E-state index in [1.165, 1.54) is 7.11 Å². The molecular weight excluding hydrogens is 264 g/mol. The van der Waals surface area contributed by atoms with Gasteiger partial charge in [-0.25, -0.2) is 0 Å². The van der Waals surface area contributed by atoms with Crippen LogP contribution < -0.4 is 0 Å². The van der Waals surface area contributed by atoms with Gasteiger partial charge >= 0.3 is 0 Å². The molecule has 2 heterocycles. The van der Waals surface area contributed by atoms with Gasteiger partial charge in [-0.15, -0.1) is 0 Å². The maximum atomic E-state index is 10.1. The fraction of sp³-hybridized carbons (Fsp3) is 0.571. The highest BCUT2D eigenvalue weighted by Crippen LogP contribution is 2.33. The summed E-state index contributed by atoms with van der Waals surface area (Å²) in [7, 11) is 1.41. The maximum Gasteiger partial charge on any atom is 0.186 e. The normalized spacial score (nSPS) is 41.1. The predicted molar refractivity (Wildman–Crippen MR) is 67.7 cm³/mol. The summed E-state index contributed by atoms with van der Waals surface area (Å²) < 4.78 is 21.9. The smallest absolute Gasteiger partial charge is 0.186 e. The van der Waals surface area contributed by atoms with E-state index in [-0.39, 0.29) is 6.61 Å². The Kier molecular flexibility index (Phi) is 4.02. The number of aliphatic hydroxyl groups is 2. The van der Waals surface area contributed by atoms with E-state index in [2.05, 4.69) is 0 Å². The highest BCUT2D eigenvalue weighted by atomic mass is 16.7. The van der Waals surface area contributed by atoms with Crippen molar-refractivity contribution >= 4 is 0 Å². The number of fused-ring (bicyclic) bond motifs is 1. The van der Waals surface area contributed by atoms with Crippen molar-refractivity contribution in [3.8, 4) is 0 Å². The van der Waals surface area contributed by atoms with Gasteiger partial charge in [-0.2, -0.15) is 0 Å². The highest BCUT2D eigenvalue weighted by molar-refractivity contribution is 5.16. The van der Waals surface area contributed by atoms with Gasteiger partial charge in [-0.1, -0.05) is 30.3 Å². The first-order chi connectivity index (χ1) is 9.70. The van der Waals surface area contributed by atoms with Gasteiger partial charge in [0.05, 0.1) is 6.61 Å². The molecule has 6 heteroatoms. The van der Waals surface area contributed by atoms with Gasteiger partial charge in [-0.05, 0) is 0 Å². The minimum absolute atomic E-state index is 0.272. The van der Waals surface area contributed by atoms with Crippen molar-refractivity contribution < 1.29 is 29.2 Å². The lowest BCUT2D eigenvalue weighted by Gasteiger charge is -2.45. The summed E-state index contributed by atoms with van der Waals surface area (Å²) in [5, 5.41) is 20.1. The van der Waals surface area contributed by atoms with E-state index in [9.17, 15) is 10.2 Å².